The maximum Gasteiger partial charge on any atom is 0.0634 e. The summed E-state index contributed by atoms with van der Waals surface area (Å²) >= 11 is 0. The zero-order chi connectivity index (χ0) is 12.9. The maximum absolute atomic E-state index is 10.4. The first kappa shape index (κ1) is 14.9. The second-order valence-corrected chi connectivity index (χ2v) is 6.68. The third kappa shape index (κ3) is 7.02. The van der Waals surface area contributed by atoms with Crippen molar-refractivity contribution in [3.05, 3.63) is 0 Å². The van der Waals surface area contributed by atoms with E-state index in [0.29, 0.717) is 5.92 Å². The highest BCUT2D eigenvalue weighted by Gasteiger charge is 2.26. The summed E-state index contributed by atoms with van der Waals surface area (Å²) in [5.74, 6) is 0.633. The summed E-state index contributed by atoms with van der Waals surface area (Å²) in [4.78, 5) is 0. The summed E-state index contributed by atoms with van der Waals surface area (Å²) < 4.78 is 5.35. The molecule has 2 N–H and O–H groups in total. The molecule has 3 heteroatoms. The van der Waals surface area contributed by atoms with E-state index in [1.807, 2.05) is 6.92 Å². The molecule has 0 aromatic rings. The molecule has 0 amide bonds. The lowest BCUT2D eigenvalue weighted by molar-refractivity contribution is -0.00535. The highest BCUT2D eigenvalue weighted by atomic mass is 16.5. The smallest absolute Gasteiger partial charge is 0.0634 e. The highest BCUT2D eigenvalue weighted by Crippen LogP contribution is 2.27. The first-order chi connectivity index (χ1) is 7.79. The van der Waals surface area contributed by atoms with Crippen LogP contribution in [0.25, 0.3) is 0 Å². The molecule has 102 valence electrons. The van der Waals surface area contributed by atoms with Gasteiger partial charge in [-0.2, -0.15) is 0 Å². The van der Waals surface area contributed by atoms with Gasteiger partial charge in [-0.3, -0.25) is 0 Å². The molecule has 1 fully saturated rings. The SMILES string of the molecule is CC(O)(CCNC(C)(C)C)CC1CCOCC1. The Balaban J connectivity index is 2.24. The van der Waals surface area contributed by atoms with Gasteiger partial charge in [0.05, 0.1) is 5.60 Å². The zero-order valence-corrected chi connectivity index (χ0v) is 11.9. The Morgan fingerprint density at radius 3 is 2.29 bits per heavy atom. The van der Waals surface area contributed by atoms with E-state index < -0.39 is 5.60 Å². The van der Waals surface area contributed by atoms with Crippen LogP contribution in [0.15, 0.2) is 0 Å². The van der Waals surface area contributed by atoms with Gasteiger partial charge in [0.15, 0.2) is 0 Å². The van der Waals surface area contributed by atoms with Crippen LogP contribution in [0.4, 0.5) is 0 Å². The Kier molecular flexibility index (Phi) is 5.42. The minimum Gasteiger partial charge on any atom is -0.390 e. The monoisotopic (exact) mass is 243 g/mol. The molecule has 0 radical (unpaired) electrons. The summed E-state index contributed by atoms with van der Waals surface area (Å²) in [5.41, 5.74) is -0.408. The fraction of sp³-hybridized carbons (Fsp3) is 1.00. The lowest BCUT2D eigenvalue weighted by Gasteiger charge is -2.32. The van der Waals surface area contributed by atoms with Crippen molar-refractivity contribution >= 4 is 0 Å². The van der Waals surface area contributed by atoms with Crippen molar-refractivity contribution in [1.82, 2.24) is 5.32 Å². The van der Waals surface area contributed by atoms with E-state index in [4.69, 9.17) is 4.74 Å². The normalized spacial score (nSPS) is 22.4. The van der Waals surface area contributed by atoms with Crippen LogP contribution >= 0.6 is 0 Å². The van der Waals surface area contributed by atoms with Crippen LogP contribution in [0.5, 0.6) is 0 Å². The molecular formula is C14H29NO2. The van der Waals surface area contributed by atoms with Crippen LogP contribution in [-0.2, 0) is 4.74 Å². The fourth-order valence-corrected chi connectivity index (χ4v) is 2.38. The number of ether oxygens (including phenoxy) is 1. The van der Waals surface area contributed by atoms with E-state index in [1.165, 1.54) is 0 Å². The minimum atomic E-state index is -0.541. The second kappa shape index (κ2) is 6.17. The lowest BCUT2D eigenvalue weighted by atomic mass is 9.85. The number of hydrogen-bond donors (Lipinski definition) is 2. The van der Waals surface area contributed by atoms with Crippen molar-refractivity contribution in [3.8, 4) is 0 Å². The van der Waals surface area contributed by atoms with Gasteiger partial charge in [-0.1, -0.05) is 0 Å². The van der Waals surface area contributed by atoms with E-state index >= 15 is 0 Å². The first-order valence-corrected chi connectivity index (χ1v) is 6.84. The molecule has 0 aromatic carbocycles. The molecule has 1 saturated heterocycles. The lowest BCUT2D eigenvalue weighted by Crippen LogP contribution is -2.40. The Bertz CT molecular complexity index is 215. The van der Waals surface area contributed by atoms with Crippen LogP contribution in [0, 0.1) is 5.92 Å². The predicted molar refractivity (Wildman–Crippen MR) is 71.2 cm³/mol. The summed E-state index contributed by atoms with van der Waals surface area (Å²) in [5, 5.41) is 13.8. The van der Waals surface area contributed by atoms with Crippen molar-refractivity contribution < 1.29 is 9.84 Å². The van der Waals surface area contributed by atoms with Crippen LogP contribution < -0.4 is 5.32 Å². The van der Waals surface area contributed by atoms with Crippen molar-refractivity contribution in [2.75, 3.05) is 19.8 Å². The largest absolute Gasteiger partial charge is 0.390 e. The van der Waals surface area contributed by atoms with E-state index in [-0.39, 0.29) is 5.54 Å². The van der Waals surface area contributed by atoms with Gasteiger partial charge in [0, 0.05) is 18.8 Å². The standard InChI is InChI=1S/C14H29NO2/c1-13(2,3)15-8-7-14(4,16)11-12-5-9-17-10-6-12/h12,15-16H,5-11H2,1-4H3. The second-order valence-electron chi connectivity index (χ2n) is 6.68. The molecular weight excluding hydrogens is 214 g/mol. The van der Waals surface area contributed by atoms with Gasteiger partial charge < -0.3 is 15.2 Å². The number of aliphatic hydroxyl groups is 1. The van der Waals surface area contributed by atoms with Gasteiger partial charge in [0.1, 0.15) is 0 Å². The van der Waals surface area contributed by atoms with Gasteiger partial charge in [0.25, 0.3) is 0 Å². The van der Waals surface area contributed by atoms with Gasteiger partial charge in [0.2, 0.25) is 0 Å². The number of hydrogen-bond acceptors (Lipinski definition) is 3. The van der Waals surface area contributed by atoms with Crippen molar-refractivity contribution in [2.24, 2.45) is 5.92 Å². The fourth-order valence-electron chi connectivity index (χ4n) is 2.38. The molecule has 1 atom stereocenters. The summed E-state index contributed by atoms with van der Waals surface area (Å²) in [6, 6.07) is 0. The van der Waals surface area contributed by atoms with Crippen LogP contribution in [0.1, 0.15) is 53.4 Å². The molecule has 3 nitrogen and oxygen atoms in total. The van der Waals surface area contributed by atoms with Crippen molar-refractivity contribution in [1.29, 1.82) is 0 Å². The van der Waals surface area contributed by atoms with Gasteiger partial charge in [-0.05, 0) is 65.8 Å². The zero-order valence-electron chi connectivity index (χ0n) is 11.9. The Morgan fingerprint density at radius 1 is 1.18 bits per heavy atom. The third-order valence-electron chi connectivity index (χ3n) is 3.39. The van der Waals surface area contributed by atoms with Crippen LogP contribution in [0.2, 0.25) is 0 Å². The Morgan fingerprint density at radius 2 is 1.76 bits per heavy atom. The van der Waals surface area contributed by atoms with Gasteiger partial charge in [-0.15, -0.1) is 0 Å². The summed E-state index contributed by atoms with van der Waals surface area (Å²) in [6.45, 7) is 11.0. The molecule has 17 heavy (non-hydrogen) atoms. The Hall–Kier alpha value is -0.120. The van der Waals surface area contributed by atoms with Crippen molar-refractivity contribution in [2.45, 2.75) is 64.5 Å². The molecule has 1 aliphatic heterocycles. The predicted octanol–water partition coefficient (Wildman–Crippen LogP) is 2.33. The average Bonchev–Trinajstić information content (AvgIpc) is 2.15. The van der Waals surface area contributed by atoms with E-state index in [2.05, 4.69) is 26.1 Å². The van der Waals surface area contributed by atoms with E-state index in [9.17, 15) is 5.11 Å². The summed E-state index contributed by atoms with van der Waals surface area (Å²) in [7, 11) is 0. The van der Waals surface area contributed by atoms with Gasteiger partial charge in [-0.25, -0.2) is 0 Å². The third-order valence-corrected chi connectivity index (χ3v) is 3.39. The average molecular weight is 243 g/mol. The number of nitrogens with one attached hydrogen (secondary N) is 1. The van der Waals surface area contributed by atoms with Gasteiger partial charge >= 0.3 is 0 Å². The summed E-state index contributed by atoms with van der Waals surface area (Å²) in [6.07, 6.45) is 3.93. The van der Waals surface area contributed by atoms with Crippen LogP contribution in [-0.4, -0.2) is 36.0 Å². The molecule has 0 aromatic heterocycles. The molecule has 0 spiro atoms. The molecule has 0 saturated carbocycles. The topological polar surface area (TPSA) is 41.5 Å². The minimum absolute atomic E-state index is 0.134. The van der Waals surface area contributed by atoms with Crippen molar-refractivity contribution in [3.63, 3.8) is 0 Å². The molecule has 1 heterocycles. The molecule has 0 aliphatic carbocycles. The molecule has 0 bridgehead atoms. The quantitative estimate of drug-likeness (QED) is 0.778. The molecule has 1 unspecified atom stereocenters. The highest BCUT2D eigenvalue weighted by molar-refractivity contribution is 4.80. The number of rotatable bonds is 5. The molecule has 1 aliphatic rings. The van der Waals surface area contributed by atoms with E-state index in [0.717, 1.165) is 45.4 Å². The van der Waals surface area contributed by atoms with Crippen LogP contribution in [0.3, 0.4) is 0 Å². The maximum atomic E-state index is 10.4. The Labute approximate surface area is 106 Å². The first-order valence-electron chi connectivity index (χ1n) is 6.84. The molecule has 1 rings (SSSR count). The van der Waals surface area contributed by atoms with E-state index in [1.54, 1.807) is 0 Å².